The zero-order valence-corrected chi connectivity index (χ0v) is 12.1. The number of benzene rings is 1. The smallest absolute Gasteiger partial charge is 0.360 e. The van der Waals surface area contributed by atoms with Crippen LogP contribution in [0.4, 0.5) is 5.69 Å². The van der Waals surface area contributed by atoms with Crippen LogP contribution in [0.25, 0.3) is 11.0 Å². The number of aromatic hydroxyl groups is 1. The van der Waals surface area contributed by atoms with Crippen LogP contribution in [0.5, 0.6) is 11.5 Å². The van der Waals surface area contributed by atoms with E-state index in [2.05, 4.69) is 5.32 Å². The second kappa shape index (κ2) is 6.62. The average Bonchev–Trinajstić information content (AvgIpc) is 2.48. The second-order valence-corrected chi connectivity index (χ2v) is 4.39. The van der Waals surface area contributed by atoms with Crippen LogP contribution in [0.3, 0.4) is 0 Å². The summed E-state index contributed by atoms with van der Waals surface area (Å²) in [5.41, 5.74) is -0.521. The van der Waals surface area contributed by atoms with Gasteiger partial charge in [-0.3, -0.25) is 4.79 Å². The van der Waals surface area contributed by atoms with Crippen LogP contribution in [0.15, 0.2) is 51.7 Å². The predicted molar refractivity (Wildman–Crippen MR) is 83.3 cm³/mol. The lowest BCUT2D eigenvalue weighted by Gasteiger charge is -2.07. The number of allylic oxidation sites excluding steroid dienone is 3. The van der Waals surface area contributed by atoms with Crippen molar-refractivity contribution in [3.8, 4) is 11.5 Å². The Morgan fingerprint density at radius 3 is 2.77 bits per heavy atom. The Morgan fingerprint density at radius 1 is 1.32 bits per heavy atom. The zero-order chi connectivity index (χ0) is 16.1. The maximum atomic E-state index is 11.9. The van der Waals surface area contributed by atoms with Gasteiger partial charge >= 0.3 is 5.63 Å². The maximum absolute atomic E-state index is 11.9. The highest BCUT2D eigenvalue weighted by Gasteiger charge is 2.12. The van der Waals surface area contributed by atoms with Gasteiger partial charge in [0.1, 0.15) is 11.4 Å². The first-order valence-corrected chi connectivity index (χ1v) is 6.50. The molecular weight excluding hydrogens is 286 g/mol. The Balaban J connectivity index is 2.42. The molecule has 0 unspecified atom stereocenters. The predicted octanol–water partition coefficient (Wildman–Crippen LogP) is 2.58. The van der Waals surface area contributed by atoms with E-state index in [9.17, 15) is 14.7 Å². The van der Waals surface area contributed by atoms with Crippen LogP contribution in [-0.4, -0.2) is 18.1 Å². The molecule has 0 atom stereocenters. The van der Waals surface area contributed by atoms with Crippen LogP contribution in [-0.2, 0) is 4.79 Å². The van der Waals surface area contributed by atoms with E-state index in [4.69, 9.17) is 9.15 Å². The zero-order valence-electron chi connectivity index (χ0n) is 12.1. The second-order valence-electron chi connectivity index (χ2n) is 4.39. The number of hydrogen-bond donors (Lipinski definition) is 2. The Morgan fingerprint density at radius 2 is 2.09 bits per heavy atom. The van der Waals surface area contributed by atoms with Crippen molar-refractivity contribution in [1.29, 1.82) is 0 Å². The first kappa shape index (κ1) is 15.4. The molecule has 22 heavy (non-hydrogen) atoms. The monoisotopic (exact) mass is 301 g/mol. The van der Waals surface area contributed by atoms with Gasteiger partial charge in [0.15, 0.2) is 11.3 Å². The lowest BCUT2D eigenvalue weighted by atomic mass is 10.2. The molecule has 0 aliphatic carbocycles. The summed E-state index contributed by atoms with van der Waals surface area (Å²) in [6, 6.07) is 4.17. The number of nitrogens with one attached hydrogen (secondary N) is 1. The van der Waals surface area contributed by atoms with Gasteiger partial charge in [-0.15, -0.1) is 0 Å². The molecule has 2 rings (SSSR count). The van der Waals surface area contributed by atoms with Crippen molar-refractivity contribution in [3.05, 3.63) is 52.9 Å². The molecule has 0 radical (unpaired) electrons. The summed E-state index contributed by atoms with van der Waals surface area (Å²) in [5.74, 6) is -0.265. The number of amides is 1. The lowest BCUT2D eigenvalue weighted by Crippen LogP contribution is -2.15. The molecule has 6 heteroatoms. The Labute approximate surface area is 126 Å². The minimum Gasteiger partial charge on any atom is -0.508 e. The minimum absolute atomic E-state index is 0.0183. The van der Waals surface area contributed by atoms with Gasteiger partial charge < -0.3 is 19.6 Å². The summed E-state index contributed by atoms with van der Waals surface area (Å²) < 4.78 is 10.2. The van der Waals surface area contributed by atoms with E-state index in [-0.39, 0.29) is 22.8 Å². The van der Waals surface area contributed by atoms with Crippen LogP contribution >= 0.6 is 0 Å². The van der Waals surface area contributed by atoms with Gasteiger partial charge in [0.25, 0.3) is 0 Å². The van der Waals surface area contributed by atoms with Gasteiger partial charge in [0.2, 0.25) is 5.91 Å². The summed E-state index contributed by atoms with van der Waals surface area (Å²) in [6.07, 6.45) is 6.29. The van der Waals surface area contributed by atoms with E-state index < -0.39 is 11.5 Å². The van der Waals surface area contributed by atoms with Crippen LogP contribution in [0.1, 0.15) is 6.92 Å². The molecule has 0 aliphatic rings. The molecule has 0 spiro atoms. The fourth-order valence-electron chi connectivity index (χ4n) is 1.85. The van der Waals surface area contributed by atoms with Crippen molar-refractivity contribution in [2.75, 3.05) is 12.4 Å². The van der Waals surface area contributed by atoms with E-state index in [0.29, 0.717) is 5.39 Å². The fraction of sp³-hybridized carbons (Fsp3) is 0.125. The van der Waals surface area contributed by atoms with Crippen molar-refractivity contribution >= 4 is 22.6 Å². The van der Waals surface area contributed by atoms with Crippen molar-refractivity contribution in [2.24, 2.45) is 0 Å². The minimum atomic E-state index is -0.704. The normalized spacial score (nSPS) is 11.4. The summed E-state index contributed by atoms with van der Waals surface area (Å²) in [7, 11) is 1.40. The quantitative estimate of drug-likeness (QED) is 0.515. The SMILES string of the molecule is C/C=C/C=C/C(=O)Nc1cc2cc(O)cc(OC)c2oc1=O. The fourth-order valence-corrected chi connectivity index (χ4v) is 1.85. The Bertz CT molecular complexity index is 817. The number of methoxy groups -OCH3 is 1. The number of carbonyl (C=O) groups is 1. The number of phenols is 1. The van der Waals surface area contributed by atoms with Crippen molar-refractivity contribution in [2.45, 2.75) is 6.92 Å². The largest absolute Gasteiger partial charge is 0.508 e. The third-order valence-electron chi connectivity index (χ3n) is 2.81. The van der Waals surface area contributed by atoms with Gasteiger partial charge in [-0.05, 0) is 19.1 Å². The highest BCUT2D eigenvalue weighted by Crippen LogP contribution is 2.30. The third kappa shape index (κ3) is 3.35. The molecular formula is C16H15NO5. The number of hydrogen-bond acceptors (Lipinski definition) is 5. The molecule has 1 amide bonds. The average molecular weight is 301 g/mol. The first-order valence-electron chi connectivity index (χ1n) is 6.50. The van der Waals surface area contributed by atoms with Gasteiger partial charge in [-0.1, -0.05) is 18.2 Å². The van der Waals surface area contributed by atoms with Crippen LogP contribution < -0.4 is 15.7 Å². The summed E-state index contributed by atoms with van der Waals surface area (Å²) in [5, 5.41) is 12.5. The molecule has 1 aromatic carbocycles. The van der Waals surface area contributed by atoms with Gasteiger partial charge in [0, 0.05) is 17.5 Å². The Hall–Kier alpha value is -3.02. The van der Waals surface area contributed by atoms with Crippen LogP contribution in [0, 0.1) is 0 Å². The molecule has 0 saturated carbocycles. The van der Waals surface area contributed by atoms with Gasteiger partial charge in [0.05, 0.1) is 7.11 Å². The lowest BCUT2D eigenvalue weighted by molar-refractivity contribution is -0.111. The number of rotatable bonds is 4. The topological polar surface area (TPSA) is 88.8 Å². The van der Waals surface area contributed by atoms with Crippen LogP contribution in [0.2, 0.25) is 0 Å². The van der Waals surface area contributed by atoms with Crippen molar-refractivity contribution in [1.82, 2.24) is 0 Å². The van der Waals surface area contributed by atoms with E-state index in [1.807, 2.05) is 6.92 Å². The summed E-state index contributed by atoms with van der Waals surface area (Å²) in [4.78, 5) is 23.6. The van der Waals surface area contributed by atoms with E-state index in [0.717, 1.165) is 0 Å². The maximum Gasteiger partial charge on any atom is 0.360 e. The molecule has 1 heterocycles. The molecule has 0 aliphatic heterocycles. The standard InChI is InChI=1S/C16H15NO5/c1-3-4-5-6-14(19)17-12-8-10-7-11(18)9-13(21-2)15(10)22-16(12)20/h3-9,18H,1-2H3,(H,17,19)/b4-3+,6-5+. The number of phenolic OH excluding ortho intramolecular Hbond substituents is 1. The molecule has 114 valence electrons. The van der Waals surface area contributed by atoms with E-state index in [1.54, 1.807) is 18.2 Å². The van der Waals surface area contributed by atoms with Gasteiger partial charge in [-0.2, -0.15) is 0 Å². The van der Waals surface area contributed by atoms with Crippen molar-refractivity contribution < 1.29 is 19.1 Å². The molecule has 0 bridgehead atoms. The molecule has 0 fully saturated rings. The molecule has 1 aromatic heterocycles. The molecule has 2 aromatic rings. The molecule has 2 N–H and O–H groups in total. The highest BCUT2D eigenvalue weighted by atomic mass is 16.5. The first-order chi connectivity index (χ1) is 10.5. The number of carbonyl (C=O) groups excluding carboxylic acids is 1. The molecule has 0 saturated heterocycles. The highest BCUT2D eigenvalue weighted by molar-refractivity contribution is 6.00. The third-order valence-corrected chi connectivity index (χ3v) is 2.81. The van der Waals surface area contributed by atoms with E-state index in [1.165, 1.54) is 31.4 Å². The van der Waals surface area contributed by atoms with Crippen molar-refractivity contribution in [3.63, 3.8) is 0 Å². The summed E-state index contributed by atoms with van der Waals surface area (Å²) in [6.45, 7) is 1.82. The number of fused-ring (bicyclic) bond motifs is 1. The van der Waals surface area contributed by atoms with Gasteiger partial charge in [-0.25, -0.2) is 4.79 Å². The van der Waals surface area contributed by atoms with E-state index >= 15 is 0 Å². The molecule has 6 nitrogen and oxygen atoms in total. The summed E-state index contributed by atoms with van der Waals surface area (Å²) >= 11 is 0. The number of anilines is 1. The number of ether oxygens (including phenoxy) is 1. The Kier molecular flexibility index (Phi) is 4.63.